The van der Waals surface area contributed by atoms with E-state index in [1.54, 1.807) is 6.20 Å². The van der Waals surface area contributed by atoms with Crippen LogP contribution in [0.3, 0.4) is 0 Å². The van der Waals surface area contributed by atoms with Crippen LogP contribution in [0, 0.1) is 0 Å². The molecular weight excluding hydrogens is 172 g/mol. The molecule has 62 valence electrons. The Bertz CT molecular complexity index is 392. The summed E-state index contributed by atoms with van der Waals surface area (Å²) < 4.78 is 0. The summed E-state index contributed by atoms with van der Waals surface area (Å²) in [5, 5.41) is 8.03. The molecule has 1 atom stereocenters. The SMILES string of the molecule is C[C@@H](Cl)c1cccc2cn[nH]c12. The molecule has 1 heterocycles. The number of nitrogens with one attached hydrogen (secondary N) is 1. The summed E-state index contributed by atoms with van der Waals surface area (Å²) in [5.74, 6) is 0. The molecule has 2 aromatic rings. The standard InChI is InChI=1S/C9H9ClN2/c1-6(10)8-4-2-3-7-5-11-12-9(7)8/h2-6H,1H3,(H,11,12)/t6-/m1/s1. The molecule has 0 fully saturated rings. The van der Waals surface area contributed by atoms with Gasteiger partial charge < -0.3 is 0 Å². The van der Waals surface area contributed by atoms with Crippen LogP contribution in [0.25, 0.3) is 10.9 Å². The van der Waals surface area contributed by atoms with Crippen LogP contribution in [0.2, 0.25) is 0 Å². The molecule has 0 aliphatic rings. The molecule has 0 amide bonds. The monoisotopic (exact) mass is 180 g/mol. The molecule has 0 saturated carbocycles. The van der Waals surface area contributed by atoms with E-state index in [-0.39, 0.29) is 5.38 Å². The molecule has 1 aromatic heterocycles. The first kappa shape index (κ1) is 7.62. The van der Waals surface area contributed by atoms with E-state index >= 15 is 0 Å². The number of aromatic nitrogens is 2. The van der Waals surface area contributed by atoms with Crippen molar-refractivity contribution in [3.8, 4) is 0 Å². The number of halogens is 1. The topological polar surface area (TPSA) is 28.7 Å². The molecule has 0 saturated heterocycles. The van der Waals surface area contributed by atoms with Crippen LogP contribution >= 0.6 is 11.6 Å². The van der Waals surface area contributed by atoms with Crippen molar-refractivity contribution in [3.05, 3.63) is 30.0 Å². The van der Waals surface area contributed by atoms with E-state index in [9.17, 15) is 0 Å². The number of hydrogen-bond donors (Lipinski definition) is 1. The molecule has 12 heavy (non-hydrogen) atoms. The van der Waals surface area contributed by atoms with Crippen molar-refractivity contribution < 1.29 is 0 Å². The maximum atomic E-state index is 5.99. The second-order valence-corrected chi connectivity index (χ2v) is 3.45. The van der Waals surface area contributed by atoms with E-state index in [0.717, 1.165) is 16.5 Å². The third-order valence-electron chi connectivity index (χ3n) is 1.94. The van der Waals surface area contributed by atoms with Crippen molar-refractivity contribution in [1.29, 1.82) is 0 Å². The van der Waals surface area contributed by atoms with Crippen molar-refractivity contribution in [1.82, 2.24) is 10.2 Å². The van der Waals surface area contributed by atoms with Crippen LogP contribution in [0.5, 0.6) is 0 Å². The van der Waals surface area contributed by atoms with E-state index < -0.39 is 0 Å². The second-order valence-electron chi connectivity index (χ2n) is 2.80. The summed E-state index contributed by atoms with van der Waals surface area (Å²) in [4.78, 5) is 0. The Morgan fingerprint density at radius 3 is 3.08 bits per heavy atom. The summed E-state index contributed by atoms with van der Waals surface area (Å²) in [7, 11) is 0. The van der Waals surface area contributed by atoms with Gasteiger partial charge in [-0.25, -0.2) is 0 Å². The number of benzene rings is 1. The fraction of sp³-hybridized carbons (Fsp3) is 0.222. The number of hydrogen-bond acceptors (Lipinski definition) is 1. The normalized spacial score (nSPS) is 13.5. The van der Waals surface area contributed by atoms with E-state index in [2.05, 4.69) is 10.2 Å². The Kier molecular flexibility index (Phi) is 1.77. The number of H-pyrrole nitrogens is 1. The van der Waals surface area contributed by atoms with Gasteiger partial charge >= 0.3 is 0 Å². The van der Waals surface area contributed by atoms with Crippen LogP contribution < -0.4 is 0 Å². The Labute approximate surface area is 75.5 Å². The first-order valence-electron chi connectivity index (χ1n) is 3.85. The third kappa shape index (κ3) is 1.08. The summed E-state index contributed by atoms with van der Waals surface area (Å²) in [6.45, 7) is 1.96. The van der Waals surface area contributed by atoms with Crippen molar-refractivity contribution in [2.24, 2.45) is 0 Å². The molecular formula is C9H9ClN2. The van der Waals surface area contributed by atoms with Crippen LogP contribution in [0.4, 0.5) is 0 Å². The highest BCUT2D eigenvalue weighted by Crippen LogP contribution is 2.25. The van der Waals surface area contributed by atoms with Crippen molar-refractivity contribution >= 4 is 22.5 Å². The molecule has 2 rings (SSSR count). The summed E-state index contributed by atoms with van der Waals surface area (Å²) in [6, 6.07) is 6.02. The fourth-order valence-corrected chi connectivity index (χ4v) is 1.51. The van der Waals surface area contributed by atoms with Crippen molar-refractivity contribution in [3.63, 3.8) is 0 Å². The first-order valence-corrected chi connectivity index (χ1v) is 4.29. The lowest BCUT2D eigenvalue weighted by Crippen LogP contribution is -1.85. The Morgan fingerprint density at radius 1 is 1.50 bits per heavy atom. The molecule has 3 heteroatoms. The molecule has 0 bridgehead atoms. The molecule has 0 aliphatic carbocycles. The summed E-state index contributed by atoms with van der Waals surface area (Å²) >= 11 is 5.99. The Balaban J connectivity index is 2.73. The van der Waals surface area contributed by atoms with Gasteiger partial charge in [0.1, 0.15) is 0 Å². The van der Waals surface area contributed by atoms with Gasteiger partial charge in [0, 0.05) is 5.39 Å². The zero-order valence-electron chi connectivity index (χ0n) is 6.71. The van der Waals surface area contributed by atoms with E-state index in [1.165, 1.54) is 0 Å². The highest BCUT2D eigenvalue weighted by molar-refractivity contribution is 6.21. The average Bonchev–Trinajstić information content (AvgIpc) is 2.49. The van der Waals surface area contributed by atoms with Crippen LogP contribution in [-0.2, 0) is 0 Å². The molecule has 0 aliphatic heterocycles. The van der Waals surface area contributed by atoms with Crippen LogP contribution in [0.1, 0.15) is 17.9 Å². The van der Waals surface area contributed by atoms with Gasteiger partial charge in [0.05, 0.1) is 17.1 Å². The predicted molar refractivity (Wildman–Crippen MR) is 50.4 cm³/mol. The van der Waals surface area contributed by atoms with Gasteiger partial charge in [0.25, 0.3) is 0 Å². The lowest BCUT2D eigenvalue weighted by Gasteiger charge is -2.03. The maximum absolute atomic E-state index is 5.99. The quantitative estimate of drug-likeness (QED) is 0.672. The first-order chi connectivity index (χ1) is 5.79. The third-order valence-corrected chi connectivity index (χ3v) is 2.17. The van der Waals surface area contributed by atoms with Gasteiger partial charge in [0.15, 0.2) is 0 Å². The number of alkyl halides is 1. The van der Waals surface area contributed by atoms with E-state index in [1.807, 2.05) is 25.1 Å². The molecule has 0 unspecified atom stereocenters. The predicted octanol–water partition coefficient (Wildman–Crippen LogP) is 2.86. The molecule has 2 nitrogen and oxygen atoms in total. The summed E-state index contributed by atoms with van der Waals surface area (Å²) in [5.41, 5.74) is 2.15. The lowest BCUT2D eigenvalue weighted by atomic mass is 10.1. The van der Waals surface area contributed by atoms with Gasteiger partial charge in [-0.3, -0.25) is 5.10 Å². The average molecular weight is 181 g/mol. The molecule has 0 radical (unpaired) electrons. The lowest BCUT2D eigenvalue weighted by molar-refractivity contribution is 1.06. The number of fused-ring (bicyclic) bond motifs is 1. The van der Waals surface area contributed by atoms with Crippen LogP contribution in [0.15, 0.2) is 24.4 Å². The van der Waals surface area contributed by atoms with Gasteiger partial charge in [-0.15, -0.1) is 11.6 Å². The Hall–Kier alpha value is -1.02. The minimum Gasteiger partial charge on any atom is -0.277 e. The highest BCUT2D eigenvalue weighted by Gasteiger charge is 2.06. The fourth-order valence-electron chi connectivity index (χ4n) is 1.32. The number of rotatable bonds is 1. The zero-order chi connectivity index (χ0) is 8.55. The highest BCUT2D eigenvalue weighted by atomic mass is 35.5. The maximum Gasteiger partial charge on any atom is 0.0697 e. The van der Waals surface area contributed by atoms with E-state index in [0.29, 0.717) is 0 Å². The van der Waals surface area contributed by atoms with Crippen LogP contribution in [-0.4, -0.2) is 10.2 Å². The van der Waals surface area contributed by atoms with Gasteiger partial charge in [-0.2, -0.15) is 5.10 Å². The van der Waals surface area contributed by atoms with Crippen molar-refractivity contribution in [2.75, 3.05) is 0 Å². The minimum absolute atomic E-state index is 0.0224. The largest absolute Gasteiger partial charge is 0.277 e. The number of para-hydroxylation sites is 1. The summed E-state index contributed by atoms with van der Waals surface area (Å²) in [6.07, 6.45) is 1.80. The van der Waals surface area contributed by atoms with Gasteiger partial charge in [0.2, 0.25) is 0 Å². The smallest absolute Gasteiger partial charge is 0.0697 e. The van der Waals surface area contributed by atoms with E-state index in [4.69, 9.17) is 11.6 Å². The number of aromatic amines is 1. The van der Waals surface area contributed by atoms with Crippen molar-refractivity contribution in [2.45, 2.75) is 12.3 Å². The second kappa shape index (κ2) is 2.79. The Morgan fingerprint density at radius 2 is 2.33 bits per heavy atom. The zero-order valence-corrected chi connectivity index (χ0v) is 7.47. The molecule has 1 aromatic carbocycles. The molecule has 1 N–H and O–H groups in total. The number of nitrogens with zero attached hydrogens (tertiary/aromatic N) is 1. The minimum atomic E-state index is 0.0224. The molecule has 0 spiro atoms. The van der Waals surface area contributed by atoms with Gasteiger partial charge in [-0.05, 0) is 12.5 Å². The van der Waals surface area contributed by atoms with Gasteiger partial charge in [-0.1, -0.05) is 18.2 Å².